The first kappa shape index (κ1) is 10.6. The van der Waals surface area contributed by atoms with Crippen LogP contribution in [0.5, 0.6) is 0 Å². The summed E-state index contributed by atoms with van der Waals surface area (Å²) in [4.78, 5) is 15.5. The number of carbonyl (C=O) groups is 1. The molecule has 4 nitrogen and oxygen atoms in total. The summed E-state index contributed by atoms with van der Waals surface area (Å²) >= 11 is 1.45. The highest BCUT2D eigenvalue weighted by molar-refractivity contribution is 7.09. The molecule has 0 aliphatic carbocycles. The van der Waals surface area contributed by atoms with E-state index in [0.717, 1.165) is 24.5 Å². The van der Waals surface area contributed by atoms with E-state index in [1.165, 1.54) is 11.3 Å². The monoisotopic (exact) mass is 227 g/mol. The van der Waals surface area contributed by atoms with Crippen molar-refractivity contribution in [1.29, 1.82) is 0 Å². The molecule has 1 fully saturated rings. The topological polar surface area (TPSA) is 48.4 Å². The van der Waals surface area contributed by atoms with Crippen LogP contribution in [-0.2, 0) is 9.47 Å². The second kappa shape index (κ2) is 4.72. The van der Waals surface area contributed by atoms with Crippen LogP contribution in [0, 0.1) is 6.92 Å². The summed E-state index contributed by atoms with van der Waals surface area (Å²) in [5.74, 6) is -0.352. The van der Waals surface area contributed by atoms with Crippen LogP contribution in [0.1, 0.15) is 28.3 Å². The SMILES string of the molecule is Cc1nc(C(=O)OCC2CCCO2)cs1. The lowest BCUT2D eigenvalue weighted by Gasteiger charge is -2.08. The third-order valence-corrected chi connectivity index (χ3v) is 3.03. The van der Waals surface area contributed by atoms with Gasteiger partial charge in [0.1, 0.15) is 6.61 Å². The van der Waals surface area contributed by atoms with Crippen molar-refractivity contribution in [3.8, 4) is 0 Å². The molecule has 0 spiro atoms. The second-order valence-corrected chi connectivity index (χ2v) is 4.55. The molecule has 82 valence electrons. The van der Waals surface area contributed by atoms with E-state index in [1.54, 1.807) is 5.38 Å². The van der Waals surface area contributed by atoms with Gasteiger partial charge >= 0.3 is 5.97 Å². The molecule has 0 bridgehead atoms. The first-order valence-corrected chi connectivity index (χ1v) is 5.84. The molecule has 5 heteroatoms. The minimum absolute atomic E-state index is 0.0775. The summed E-state index contributed by atoms with van der Waals surface area (Å²) in [7, 11) is 0. The summed E-state index contributed by atoms with van der Waals surface area (Å²) in [6.45, 7) is 2.98. The molecule has 1 atom stereocenters. The molecule has 0 saturated carbocycles. The van der Waals surface area contributed by atoms with Gasteiger partial charge in [0.2, 0.25) is 0 Å². The maximum Gasteiger partial charge on any atom is 0.357 e. The van der Waals surface area contributed by atoms with Crippen LogP contribution >= 0.6 is 11.3 Å². The van der Waals surface area contributed by atoms with E-state index in [0.29, 0.717) is 12.3 Å². The Morgan fingerprint density at radius 1 is 1.80 bits per heavy atom. The molecule has 1 unspecified atom stereocenters. The summed E-state index contributed by atoms with van der Waals surface area (Å²) in [6.07, 6.45) is 2.11. The number of ether oxygens (including phenoxy) is 2. The number of aromatic nitrogens is 1. The van der Waals surface area contributed by atoms with E-state index in [4.69, 9.17) is 9.47 Å². The molecule has 2 heterocycles. The number of rotatable bonds is 3. The zero-order chi connectivity index (χ0) is 10.7. The Labute approximate surface area is 92.2 Å². The number of carbonyl (C=O) groups excluding carboxylic acids is 1. The molecule has 15 heavy (non-hydrogen) atoms. The predicted molar refractivity (Wildman–Crippen MR) is 56.1 cm³/mol. The molecule has 0 amide bonds. The molecular formula is C10H13NO3S. The summed E-state index contributed by atoms with van der Waals surface area (Å²) in [6, 6.07) is 0. The highest BCUT2D eigenvalue weighted by atomic mass is 32.1. The highest BCUT2D eigenvalue weighted by Crippen LogP contribution is 2.14. The van der Waals surface area contributed by atoms with Crippen molar-refractivity contribution in [2.24, 2.45) is 0 Å². The minimum Gasteiger partial charge on any atom is -0.458 e. The van der Waals surface area contributed by atoms with Crippen LogP contribution in [0.2, 0.25) is 0 Å². The Bertz CT molecular complexity index is 344. The van der Waals surface area contributed by atoms with Gasteiger partial charge in [0, 0.05) is 12.0 Å². The minimum atomic E-state index is -0.352. The Balaban J connectivity index is 1.81. The lowest BCUT2D eigenvalue weighted by Crippen LogP contribution is -2.18. The van der Waals surface area contributed by atoms with Gasteiger partial charge in [-0.3, -0.25) is 0 Å². The third kappa shape index (κ3) is 2.76. The predicted octanol–water partition coefficient (Wildman–Crippen LogP) is 1.79. The average molecular weight is 227 g/mol. The fraction of sp³-hybridized carbons (Fsp3) is 0.600. The fourth-order valence-electron chi connectivity index (χ4n) is 1.48. The Morgan fingerprint density at radius 2 is 2.67 bits per heavy atom. The largest absolute Gasteiger partial charge is 0.458 e. The molecular weight excluding hydrogens is 214 g/mol. The lowest BCUT2D eigenvalue weighted by molar-refractivity contribution is 0.0157. The first-order valence-electron chi connectivity index (χ1n) is 4.96. The van der Waals surface area contributed by atoms with Crippen LogP contribution in [0.25, 0.3) is 0 Å². The number of hydrogen-bond acceptors (Lipinski definition) is 5. The standard InChI is InChI=1S/C10H13NO3S/c1-7-11-9(6-15-7)10(12)14-5-8-3-2-4-13-8/h6,8H,2-5H2,1H3. The maximum absolute atomic E-state index is 11.5. The van der Waals surface area contributed by atoms with E-state index in [9.17, 15) is 4.79 Å². The summed E-state index contributed by atoms with van der Waals surface area (Å²) in [5.41, 5.74) is 0.399. The number of esters is 1. The van der Waals surface area contributed by atoms with E-state index in [2.05, 4.69) is 4.98 Å². The van der Waals surface area contributed by atoms with Crippen molar-refractivity contribution >= 4 is 17.3 Å². The number of aryl methyl sites for hydroxylation is 1. The van der Waals surface area contributed by atoms with Crippen molar-refractivity contribution in [2.75, 3.05) is 13.2 Å². The number of hydrogen-bond donors (Lipinski definition) is 0. The Hall–Kier alpha value is -0.940. The van der Waals surface area contributed by atoms with Gasteiger partial charge in [0.25, 0.3) is 0 Å². The van der Waals surface area contributed by atoms with Gasteiger partial charge in [-0.25, -0.2) is 9.78 Å². The smallest absolute Gasteiger partial charge is 0.357 e. The Kier molecular flexibility index (Phi) is 3.33. The molecule has 1 saturated heterocycles. The van der Waals surface area contributed by atoms with Crippen LogP contribution in [0.4, 0.5) is 0 Å². The first-order chi connectivity index (χ1) is 7.25. The molecule has 1 aliphatic rings. The quantitative estimate of drug-likeness (QED) is 0.739. The van der Waals surface area contributed by atoms with Gasteiger partial charge < -0.3 is 9.47 Å². The number of thiazole rings is 1. The molecule has 0 radical (unpaired) electrons. The van der Waals surface area contributed by atoms with Gasteiger partial charge in [0.05, 0.1) is 11.1 Å². The van der Waals surface area contributed by atoms with Gasteiger partial charge in [-0.2, -0.15) is 0 Å². The van der Waals surface area contributed by atoms with E-state index in [1.807, 2.05) is 6.92 Å². The van der Waals surface area contributed by atoms with Gasteiger partial charge in [0.15, 0.2) is 5.69 Å². The van der Waals surface area contributed by atoms with Crippen molar-refractivity contribution in [3.05, 3.63) is 16.1 Å². The van der Waals surface area contributed by atoms with Gasteiger partial charge in [-0.1, -0.05) is 0 Å². The fourth-order valence-corrected chi connectivity index (χ4v) is 2.06. The molecule has 1 aromatic rings. The van der Waals surface area contributed by atoms with Crippen LogP contribution < -0.4 is 0 Å². The average Bonchev–Trinajstić information content (AvgIpc) is 2.84. The van der Waals surface area contributed by atoms with Crippen molar-refractivity contribution in [3.63, 3.8) is 0 Å². The van der Waals surface area contributed by atoms with Crippen molar-refractivity contribution < 1.29 is 14.3 Å². The summed E-state index contributed by atoms with van der Waals surface area (Å²) < 4.78 is 10.5. The van der Waals surface area contributed by atoms with Crippen LogP contribution in [0.15, 0.2) is 5.38 Å². The number of nitrogens with zero attached hydrogens (tertiary/aromatic N) is 1. The molecule has 0 N–H and O–H groups in total. The van der Waals surface area contributed by atoms with Crippen LogP contribution in [0.3, 0.4) is 0 Å². The second-order valence-electron chi connectivity index (χ2n) is 3.49. The highest BCUT2D eigenvalue weighted by Gasteiger charge is 2.18. The zero-order valence-corrected chi connectivity index (χ0v) is 9.38. The molecule has 1 aromatic heterocycles. The molecule has 0 aromatic carbocycles. The molecule has 1 aliphatic heterocycles. The van der Waals surface area contributed by atoms with E-state index >= 15 is 0 Å². The van der Waals surface area contributed by atoms with E-state index < -0.39 is 0 Å². The molecule has 2 rings (SSSR count). The lowest BCUT2D eigenvalue weighted by atomic mass is 10.2. The zero-order valence-electron chi connectivity index (χ0n) is 8.56. The van der Waals surface area contributed by atoms with Crippen molar-refractivity contribution in [1.82, 2.24) is 4.98 Å². The normalized spacial score (nSPS) is 20.5. The maximum atomic E-state index is 11.5. The van der Waals surface area contributed by atoms with Crippen molar-refractivity contribution in [2.45, 2.75) is 25.9 Å². The third-order valence-electron chi connectivity index (χ3n) is 2.25. The van der Waals surface area contributed by atoms with Crippen LogP contribution in [-0.4, -0.2) is 30.3 Å². The summed E-state index contributed by atoms with van der Waals surface area (Å²) in [5, 5.41) is 2.59. The van der Waals surface area contributed by atoms with E-state index in [-0.39, 0.29) is 12.1 Å². The van der Waals surface area contributed by atoms with Gasteiger partial charge in [-0.15, -0.1) is 11.3 Å². The van der Waals surface area contributed by atoms with Gasteiger partial charge in [-0.05, 0) is 19.8 Å². The Morgan fingerprint density at radius 3 is 3.27 bits per heavy atom.